The van der Waals surface area contributed by atoms with Crippen molar-refractivity contribution >= 4 is 23.2 Å². The molecule has 0 unspecified atom stereocenters. The van der Waals surface area contributed by atoms with Crippen LogP contribution in [0.2, 0.25) is 0 Å². The van der Waals surface area contributed by atoms with Crippen molar-refractivity contribution in [2.75, 3.05) is 13.7 Å². The summed E-state index contributed by atoms with van der Waals surface area (Å²) in [6.45, 7) is 0.458. The zero-order chi connectivity index (χ0) is 25.9. The molecule has 0 aromatic carbocycles. The van der Waals surface area contributed by atoms with E-state index in [4.69, 9.17) is 21.1 Å². The van der Waals surface area contributed by atoms with Gasteiger partial charge in [0.2, 0.25) is 11.8 Å². The first-order valence-electron chi connectivity index (χ1n) is 11.3. The Morgan fingerprint density at radius 3 is 2.72 bits per heavy atom. The van der Waals surface area contributed by atoms with E-state index >= 15 is 0 Å². The van der Waals surface area contributed by atoms with Crippen molar-refractivity contribution in [3.05, 3.63) is 53.5 Å². The van der Waals surface area contributed by atoms with Gasteiger partial charge in [0.15, 0.2) is 5.82 Å². The minimum Gasteiger partial charge on any atom is -0.481 e. The molecular weight excluding hydrogens is 467 g/mol. The van der Waals surface area contributed by atoms with Crippen LogP contribution in [-0.2, 0) is 16.1 Å². The Balaban J connectivity index is 1.38. The second kappa shape index (κ2) is 10.1. The van der Waals surface area contributed by atoms with Gasteiger partial charge in [0.1, 0.15) is 17.6 Å². The molecule has 2 aromatic rings. The molecule has 4 N–H and O–H groups in total. The van der Waals surface area contributed by atoms with E-state index < -0.39 is 17.3 Å². The molecule has 186 valence electrons. The van der Waals surface area contributed by atoms with Crippen LogP contribution >= 0.6 is 0 Å². The van der Waals surface area contributed by atoms with Gasteiger partial charge in [-0.2, -0.15) is 5.26 Å². The molecule has 36 heavy (non-hydrogen) atoms. The van der Waals surface area contributed by atoms with E-state index in [0.717, 1.165) is 25.1 Å². The standard InChI is InChI=1S/C24H25FN8O3/c1-36-21-6-16(17(25)12-31-21)18(27)7-19(28)23(35)33-5-2-15(8-24(33)3-4-24)22(34)32-13-20-29-10-14(9-26)11-30-20/h6-7,10-12,15,28H,2-5,8,13,27H2,1H3,(H,32,34)/b18-7-,28-19?/t15-/m0/s1. The molecule has 0 radical (unpaired) electrons. The number of aromatic nitrogens is 3. The van der Waals surface area contributed by atoms with Crippen LogP contribution in [0.4, 0.5) is 4.39 Å². The fourth-order valence-electron chi connectivity index (χ4n) is 4.36. The number of nitrogens with two attached hydrogens (primary N) is 1. The number of hydrogen-bond donors (Lipinski definition) is 3. The number of piperidine rings is 1. The van der Waals surface area contributed by atoms with Crippen molar-refractivity contribution in [1.29, 1.82) is 10.7 Å². The molecule has 3 heterocycles. The summed E-state index contributed by atoms with van der Waals surface area (Å²) in [6.07, 6.45) is 7.29. The number of pyridine rings is 1. The first-order chi connectivity index (χ1) is 17.3. The van der Waals surface area contributed by atoms with E-state index in [1.54, 1.807) is 4.90 Å². The zero-order valence-electron chi connectivity index (χ0n) is 19.6. The van der Waals surface area contributed by atoms with Gasteiger partial charge in [0.25, 0.3) is 5.91 Å². The van der Waals surface area contributed by atoms with Crippen LogP contribution in [0, 0.1) is 28.5 Å². The third kappa shape index (κ3) is 5.14. The van der Waals surface area contributed by atoms with Gasteiger partial charge in [-0.25, -0.2) is 19.3 Å². The van der Waals surface area contributed by atoms with Crippen LogP contribution in [0.3, 0.4) is 0 Å². The number of nitrogens with zero attached hydrogens (tertiary/aromatic N) is 5. The second-order valence-corrected chi connectivity index (χ2v) is 8.81. The number of nitrogens with one attached hydrogen (secondary N) is 2. The summed E-state index contributed by atoms with van der Waals surface area (Å²) in [5.74, 6) is -1.09. The van der Waals surface area contributed by atoms with Crippen molar-refractivity contribution in [3.8, 4) is 11.9 Å². The van der Waals surface area contributed by atoms with Gasteiger partial charge in [-0.1, -0.05) is 0 Å². The summed E-state index contributed by atoms with van der Waals surface area (Å²) in [5, 5.41) is 19.9. The van der Waals surface area contributed by atoms with Gasteiger partial charge in [-0.05, 0) is 31.8 Å². The third-order valence-corrected chi connectivity index (χ3v) is 6.48. The molecule has 11 nitrogen and oxygen atoms in total. The van der Waals surface area contributed by atoms with Gasteiger partial charge in [0.05, 0.1) is 25.4 Å². The molecule has 1 saturated heterocycles. The lowest BCUT2D eigenvalue weighted by Gasteiger charge is -2.39. The number of hydrogen-bond acceptors (Lipinski definition) is 9. The number of rotatable bonds is 7. The van der Waals surface area contributed by atoms with Crippen molar-refractivity contribution in [2.45, 2.75) is 37.8 Å². The summed E-state index contributed by atoms with van der Waals surface area (Å²) in [4.78, 5) is 39.3. The van der Waals surface area contributed by atoms with Gasteiger partial charge < -0.3 is 20.7 Å². The third-order valence-electron chi connectivity index (χ3n) is 6.48. The highest BCUT2D eigenvalue weighted by molar-refractivity contribution is 6.43. The Labute approximate surface area is 206 Å². The highest BCUT2D eigenvalue weighted by atomic mass is 19.1. The lowest BCUT2D eigenvalue weighted by atomic mass is 9.87. The maximum Gasteiger partial charge on any atom is 0.272 e. The average Bonchev–Trinajstić information content (AvgIpc) is 3.66. The number of carbonyl (C=O) groups is 2. The highest BCUT2D eigenvalue weighted by Crippen LogP contribution is 2.50. The van der Waals surface area contributed by atoms with E-state index in [1.807, 2.05) is 6.07 Å². The number of methoxy groups -OCH3 is 1. The van der Waals surface area contributed by atoms with Gasteiger partial charge in [-0.3, -0.25) is 15.0 Å². The predicted octanol–water partition coefficient (Wildman–Crippen LogP) is 1.30. The Kier molecular flexibility index (Phi) is 6.91. The van der Waals surface area contributed by atoms with Crippen molar-refractivity contribution < 1.29 is 18.7 Å². The lowest BCUT2D eigenvalue weighted by Crippen LogP contribution is -2.52. The molecule has 1 aliphatic heterocycles. The maximum absolute atomic E-state index is 14.2. The van der Waals surface area contributed by atoms with Crippen molar-refractivity contribution in [1.82, 2.24) is 25.2 Å². The Morgan fingerprint density at radius 1 is 1.36 bits per heavy atom. The Hall–Kier alpha value is -4.40. The van der Waals surface area contributed by atoms with E-state index in [0.29, 0.717) is 30.8 Å². The molecule has 1 spiro atoms. The first kappa shape index (κ1) is 24.7. The molecule has 2 amide bonds. The summed E-state index contributed by atoms with van der Waals surface area (Å²) >= 11 is 0. The minimum atomic E-state index is -0.693. The molecule has 1 aliphatic carbocycles. The molecule has 2 aromatic heterocycles. The van der Waals surface area contributed by atoms with E-state index in [2.05, 4.69) is 20.3 Å². The largest absolute Gasteiger partial charge is 0.481 e. The van der Waals surface area contributed by atoms with Crippen molar-refractivity contribution in [2.24, 2.45) is 11.7 Å². The first-order valence-corrected chi connectivity index (χ1v) is 11.3. The molecule has 0 bridgehead atoms. The smallest absolute Gasteiger partial charge is 0.272 e. The van der Waals surface area contributed by atoms with E-state index in [1.165, 1.54) is 25.6 Å². The topological polar surface area (TPSA) is 171 Å². The summed E-state index contributed by atoms with van der Waals surface area (Å²) < 4.78 is 19.1. The van der Waals surface area contributed by atoms with E-state index in [-0.39, 0.29) is 41.2 Å². The molecule has 4 rings (SSSR count). The number of carbonyl (C=O) groups excluding carboxylic acids is 2. The molecular formula is C24H25FN8O3. The number of ether oxygens (including phenoxy) is 1. The predicted molar refractivity (Wildman–Crippen MR) is 126 cm³/mol. The van der Waals surface area contributed by atoms with Crippen LogP contribution in [0.1, 0.15) is 42.6 Å². The molecule has 2 fully saturated rings. The molecule has 1 saturated carbocycles. The number of halogens is 1. The zero-order valence-corrected chi connectivity index (χ0v) is 19.6. The van der Waals surface area contributed by atoms with Crippen LogP contribution < -0.4 is 15.8 Å². The summed E-state index contributed by atoms with van der Waals surface area (Å²) in [5.41, 5.74) is 5.38. The lowest BCUT2D eigenvalue weighted by molar-refractivity contribution is -0.135. The fraction of sp³-hybridized carbons (Fsp3) is 0.375. The van der Waals surface area contributed by atoms with Gasteiger partial charge in [0, 0.05) is 47.7 Å². The number of amides is 2. The van der Waals surface area contributed by atoms with E-state index in [9.17, 15) is 14.0 Å². The highest BCUT2D eigenvalue weighted by Gasteiger charge is 2.54. The summed E-state index contributed by atoms with van der Waals surface area (Å²) in [6, 6.07) is 3.24. The maximum atomic E-state index is 14.2. The molecule has 2 aliphatic rings. The SMILES string of the molecule is COc1cc(/C(N)=C/C(=N)C(=O)N2CC[C@H](C(=O)NCc3ncc(C#N)cn3)CC23CC3)c(F)cn1. The van der Waals surface area contributed by atoms with Crippen molar-refractivity contribution in [3.63, 3.8) is 0 Å². The van der Waals surface area contributed by atoms with Crippen LogP contribution in [0.5, 0.6) is 5.88 Å². The Bertz CT molecular complexity index is 1270. The van der Waals surface area contributed by atoms with Gasteiger partial charge in [-0.15, -0.1) is 0 Å². The van der Waals surface area contributed by atoms with Crippen LogP contribution in [-0.4, -0.2) is 56.6 Å². The van der Waals surface area contributed by atoms with Gasteiger partial charge >= 0.3 is 0 Å². The number of nitriles is 1. The minimum absolute atomic E-state index is 0.0119. The summed E-state index contributed by atoms with van der Waals surface area (Å²) in [7, 11) is 1.38. The van der Waals surface area contributed by atoms with Crippen LogP contribution in [0.25, 0.3) is 5.70 Å². The normalized spacial score (nSPS) is 18.3. The molecule has 1 atom stereocenters. The monoisotopic (exact) mass is 492 g/mol. The quantitative estimate of drug-likeness (QED) is 0.485. The second-order valence-electron chi connectivity index (χ2n) is 8.81. The molecule has 12 heteroatoms. The Morgan fingerprint density at radius 2 is 2.08 bits per heavy atom. The average molecular weight is 493 g/mol. The number of likely N-dealkylation sites (tertiary alicyclic amines) is 1. The van der Waals surface area contributed by atoms with Crippen LogP contribution in [0.15, 0.2) is 30.7 Å². The fourth-order valence-corrected chi connectivity index (χ4v) is 4.36.